The molecule has 184 valence electrons. The third-order valence-corrected chi connectivity index (χ3v) is 6.12. The van der Waals surface area contributed by atoms with E-state index in [2.05, 4.69) is 49.4 Å². The lowest BCUT2D eigenvalue weighted by Gasteiger charge is -2.34. The first-order chi connectivity index (χ1) is 17.1. The topological polar surface area (TPSA) is 79.8 Å². The summed E-state index contributed by atoms with van der Waals surface area (Å²) in [5.74, 6) is 1.26. The van der Waals surface area contributed by atoms with Crippen molar-refractivity contribution in [1.29, 1.82) is 0 Å². The van der Waals surface area contributed by atoms with Crippen LogP contribution in [0.2, 0.25) is 0 Å². The molecule has 1 aliphatic heterocycles. The van der Waals surface area contributed by atoms with E-state index < -0.39 is 0 Å². The smallest absolute Gasteiger partial charge is 0.320 e. The average Bonchev–Trinajstić information content (AvgIpc) is 2.90. The highest BCUT2D eigenvalue weighted by atomic mass is 16.5. The molecule has 1 aromatic heterocycles. The number of nitrogens with one attached hydrogen (secondary N) is 1. The van der Waals surface area contributed by atoms with E-state index in [4.69, 9.17) is 9.47 Å². The third-order valence-electron chi connectivity index (χ3n) is 6.12. The predicted molar refractivity (Wildman–Crippen MR) is 137 cm³/mol. The zero-order valence-corrected chi connectivity index (χ0v) is 20.4. The molecule has 0 radical (unpaired) electrons. The maximum absolute atomic E-state index is 11.6. The first-order valence-electron chi connectivity index (χ1n) is 12.1. The number of benzene rings is 2. The van der Waals surface area contributed by atoms with Gasteiger partial charge in [0.1, 0.15) is 5.75 Å². The molecule has 1 aliphatic rings. The number of esters is 1. The molecule has 0 spiro atoms. The Balaban J connectivity index is 1.22. The maximum atomic E-state index is 11.6. The molecule has 8 nitrogen and oxygen atoms in total. The van der Waals surface area contributed by atoms with Crippen LogP contribution in [0.25, 0.3) is 11.1 Å². The zero-order valence-electron chi connectivity index (χ0n) is 20.4. The van der Waals surface area contributed by atoms with E-state index in [1.165, 1.54) is 5.56 Å². The normalized spacial score (nSPS) is 14.5. The summed E-state index contributed by atoms with van der Waals surface area (Å²) in [7, 11) is 1.66. The van der Waals surface area contributed by atoms with Gasteiger partial charge >= 0.3 is 5.97 Å². The van der Waals surface area contributed by atoms with E-state index in [-0.39, 0.29) is 5.97 Å². The highest BCUT2D eigenvalue weighted by Crippen LogP contribution is 2.22. The first kappa shape index (κ1) is 24.6. The molecule has 0 saturated carbocycles. The van der Waals surface area contributed by atoms with E-state index in [1.54, 1.807) is 7.11 Å². The second kappa shape index (κ2) is 12.3. The number of ether oxygens (including phenoxy) is 2. The van der Waals surface area contributed by atoms with E-state index in [9.17, 15) is 4.79 Å². The van der Waals surface area contributed by atoms with Crippen LogP contribution in [0.15, 0.2) is 60.9 Å². The fourth-order valence-corrected chi connectivity index (χ4v) is 4.06. The van der Waals surface area contributed by atoms with Crippen LogP contribution in [0.3, 0.4) is 0 Å². The minimum absolute atomic E-state index is 0.131. The lowest BCUT2D eigenvalue weighted by atomic mass is 10.1. The summed E-state index contributed by atoms with van der Waals surface area (Å²) >= 11 is 0. The molecule has 1 fully saturated rings. The van der Waals surface area contributed by atoms with Crippen LogP contribution in [0.4, 0.5) is 11.6 Å². The number of carbonyl (C=O) groups is 1. The van der Waals surface area contributed by atoms with Crippen LogP contribution in [-0.2, 0) is 16.0 Å². The number of anilines is 2. The summed E-state index contributed by atoms with van der Waals surface area (Å²) in [6, 6.07) is 16.3. The van der Waals surface area contributed by atoms with Gasteiger partial charge in [-0.2, -0.15) is 0 Å². The Morgan fingerprint density at radius 3 is 2.20 bits per heavy atom. The molecule has 1 saturated heterocycles. The van der Waals surface area contributed by atoms with Crippen LogP contribution < -0.4 is 10.1 Å². The van der Waals surface area contributed by atoms with E-state index in [0.29, 0.717) is 19.1 Å². The van der Waals surface area contributed by atoms with Crippen LogP contribution in [0, 0.1) is 0 Å². The minimum Gasteiger partial charge on any atom is -0.497 e. The van der Waals surface area contributed by atoms with E-state index >= 15 is 0 Å². The molecule has 1 N–H and O–H groups in total. The molecule has 3 aromatic rings. The largest absolute Gasteiger partial charge is 0.497 e. The van der Waals surface area contributed by atoms with Crippen LogP contribution in [0.1, 0.15) is 12.5 Å². The molecule has 4 rings (SSSR count). The predicted octanol–water partition coefficient (Wildman–Crippen LogP) is 3.62. The van der Waals surface area contributed by atoms with Crippen LogP contribution in [0.5, 0.6) is 5.75 Å². The quantitative estimate of drug-likeness (QED) is 0.446. The number of aromatic nitrogens is 2. The Morgan fingerprint density at radius 1 is 0.914 bits per heavy atom. The van der Waals surface area contributed by atoms with Gasteiger partial charge in [-0.15, -0.1) is 0 Å². The Kier molecular flexibility index (Phi) is 8.64. The zero-order chi connectivity index (χ0) is 24.5. The number of hydrogen-bond donors (Lipinski definition) is 1. The second-order valence-electron chi connectivity index (χ2n) is 8.52. The Hall–Kier alpha value is -3.49. The number of nitrogens with zero attached hydrogens (tertiary/aromatic N) is 4. The Labute approximate surface area is 206 Å². The summed E-state index contributed by atoms with van der Waals surface area (Å²) < 4.78 is 10.3. The molecular formula is C27H33N5O3. The van der Waals surface area contributed by atoms with Crippen molar-refractivity contribution < 1.29 is 14.3 Å². The molecule has 2 aromatic carbocycles. The highest BCUT2D eigenvalue weighted by Gasteiger charge is 2.19. The van der Waals surface area contributed by atoms with Crippen LogP contribution >= 0.6 is 0 Å². The fraction of sp³-hybridized carbons (Fsp3) is 0.370. The number of hydrogen-bond acceptors (Lipinski definition) is 8. The SMILES string of the molecule is CCOC(=O)CN1CCN(CCc2ccc(Nc3ncc(-c4ccc(OC)cc4)cn3)cc2)CC1. The van der Waals surface area contributed by atoms with Gasteiger partial charge in [0.05, 0.1) is 20.3 Å². The molecule has 0 amide bonds. The Morgan fingerprint density at radius 2 is 1.57 bits per heavy atom. The lowest BCUT2D eigenvalue weighted by molar-refractivity contribution is -0.144. The van der Waals surface area contributed by atoms with E-state index in [0.717, 1.165) is 61.7 Å². The summed E-state index contributed by atoms with van der Waals surface area (Å²) in [5, 5.41) is 3.27. The van der Waals surface area contributed by atoms with Gasteiger partial charge in [-0.05, 0) is 48.7 Å². The number of methoxy groups -OCH3 is 1. The molecule has 0 unspecified atom stereocenters. The third kappa shape index (κ3) is 7.24. The molecule has 2 heterocycles. The summed E-state index contributed by atoms with van der Waals surface area (Å²) in [6.45, 7) is 7.44. The van der Waals surface area contributed by atoms with Gasteiger partial charge in [0, 0.05) is 56.4 Å². The van der Waals surface area contributed by atoms with Gasteiger partial charge in [-0.1, -0.05) is 24.3 Å². The van der Waals surface area contributed by atoms with Crippen molar-refractivity contribution in [2.45, 2.75) is 13.3 Å². The maximum Gasteiger partial charge on any atom is 0.320 e. The van der Waals surface area contributed by atoms with Gasteiger partial charge in [0.25, 0.3) is 0 Å². The standard InChI is InChI=1S/C27H33N5O3/c1-3-35-26(33)20-32-16-14-31(15-17-32)13-12-21-4-8-24(9-5-21)30-27-28-18-23(19-29-27)22-6-10-25(34-2)11-7-22/h4-11,18-19H,3,12-17,20H2,1-2H3,(H,28,29,30). The van der Waals surface area contributed by atoms with Gasteiger partial charge in [-0.3, -0.25) is 9.69 Å². The van der Waals surface area contributed by atoms with Crippen molar-refractivity contribution in [3.05, 3.63) is 66.5 Å². The first-order valence-corrected chi connectivity index (χ1v) is 12.1. The molecule has 0 atom stereocenters. The van der Waals surface area contributed by atoms with Crippen molar-refractivity contribution in [1.82, 2.24) is 19.8 Å². The van der Waals surface area contributed by atoms with Crippen molar-refractivity contribution in [3.63, 3.8) is 0 Å². The monoisotopic (exact) mass is 475 g/mol. The van der Waals surface area contributed by atoms with Gasteiger partial charge in [0.2, 0.25) is 5.95 Å². The van der Waals surface area contributed by atoms with Gasteiger partial charge < -0.3 is 19.7 Å². The Bertz CT molecular complexity index is 1060. The molecule has 8 heteroatoms. The van der Waals surface area contributed by atoms with Crippen molar-refractivity contribution in [3.8, 4) is 16.9 Å². The van der Waals surface area contributed by atoms with Gasteiger partial charge in [-0.25, -0.2) is 9.97 Å². The van der Waals surface area contributed by atoms with E-state index in [1.807, 2.05) is 43.6 Å². The summed E-state index contributed by atoms with van der Waals surface area (Å²) in [4.78, 5) is 25.2. The summed E-state index contributed by atoms with van der Waals surface area (Å²) in [5.41, 5.74) is 4.25. The minimum atomic E-state index is -0.131. The molecular weight excluding hydrogens is 442 g/mol. The van der Waals surface area contributed by atoms with Crippen molar-refractivity contribution in [2.75, 3.05) is 58.3 Å². The van der Waals surface area contributed by atoms with Crippen LogP contribution in [-0.4, -0.2) is 78.7 Å². The number of carbonyl (C=O) groups excluding carboxylic acids is 1. The van der Waals surface area contributed by atoms with Gasteiger partial charge in [0.15, 0.2) is 0 Å². The average molecular weight is 476 g/mol. The molecule has 35 heavy (non-hydrogen) atoms. The molecule has 0 aliphatic carbocycles. The van der Waals surface area contributed by atoms with Crippen molar-refractivity contribution in [2.24, 2.45) is 0 Å². The fourth-order valence-electron chi connectivity index (χ4n) is 4.06. The molecule has 0 bridgehead atoms. The summed E-state index contributed by atoms with van der Waals surface area (Å²) in [6.07, 6.45) is 4.63. The lowest BCUT2D eigenvalue weighted by Crippen LogP contribution is -2.48. The number of piperazine rings is 1. The second-order valence-corrected chi connectivity index (χ2v) is 8.52. The van der Waals surface area contributed by atoms with Crippen molar-refractivity contribution >= 4 is 17.6 Å². The highest BCUT2D eigenvalue weighted by molar-refractivity contribution is 5.71. The number of rotatable bonds is 10.